The Kier molecular flexibility index (Phi) is 5.34. The van der Waals surface area contributed by atoms with E-state index >= 15 is 0 Å². The molecule has 0 aliphatic heterocycles. The second-order valence-electron chi connectivity index (χ2n) is 5.88. The first kappa shape index (κ1) is 14.5. The van der Waals surface area contributed by atoms with Crippen LogP contribution in [-0.2, 0) is 17.9 Å². The van der Waals surface area contributed by atoms with Gasteiger partial charge in [0.25, 0.3) is 0 Å². The Morgan fingerprint density at radius 2 is 2.21 bits per heavy atom. The molecule has 0 saturated heterocycles. The number of hydrogen-bond donors (Lipinski definition) is 1. The summed E-state index contributed by atoms with van der Waals surface area (Å²) in [4.78, 5) is 4.30. The van der Waals surface area contributed by atoms with Gasteiger partial charge in [0, 0.05) is 6.54 Å². The van der Waals surface area contributed by atoms with Gasteiger partial charge < -0.3 is 10.5 Å². The van der Waals surface area contributed by atoms with E-state index < -0.39 is 0 Å². The Hall–Kier alpha value is -0.940. The summed E-state index contributed by atoms with van der Waals surface area (Å²) in [7, 11) is 0. The van der Waals surface area contributed by atoms with Gasteiger partial charge in [-0.05, 0) is 31.2 Å². The van der Waals surface area contributed by atoms with Crippen molar-refractivity contribution in [2.75, 3.05) is 6.54 Å². The lowest BCUT2D eigenvalue weighted by molar-refractivity contribution is -0.0224. The second-order valence-corrected chi connectivity index (χ2v) is 5.88. The molecule has 1 aromatic heterocycles. The number of nitrogens with two attached hydrogens (primary N) is 1. The minimum atomic E-state index is 0.294. The summed E-state index contributed by atoms with van der Waals surface area (Å²) in [5, 5.41) is 4.26. The van der Waals surface area contributed by atoms with E-state index in [4.69, 9.17) is 10.5 Å². The molecule has 1 aliphatic rings. The minimum Gasteiger partial charge on any atom is -0.370 e. The van der Waals surface area contributed by atoms with Crippen LogP contribution in [0.1, 0.15) is 45.4 Å². The molecule has 2 N–H and O–H groups in total. The van der Waals surface area contributed by atoms with Crippen LogP contribution in [0.15, 0.2) is 6.33 Å². The fraction of sp³-hybridized carbons (Fsp3) is 0.857. The van der Waals surface area contributed by atoms with Crippen molar-refractivity contribution in [1.29, 1.82) is 0 Å². The van der Waals surface area contributed by atoms with Gasteiger partial charge in [0.15, 0.2) is 5.82 Å². The number of aromatic nitrogens is 3. The van der Waals surface area contributed by atoms with Crippen molar-refractivity contribution in [3.8, 4) is 0 Å². The quantitative estimate of drug-likeness (QED) is 0.855. The Balaban J connectivity index is 1.89. The maximum absolute atomic E-state index is 6.05. The Bertz CT molecular complexity index is 377. The van der Waals surface area contributed by atoms with E-state index in [9.17, 15) is 0 Å². The van der Waals surface area contributed by atoms with Crippen LogP contribution in [0.25, 0.3) is 0 Å². The molecule has 0 bridgehead atoms. The summed E-state index contributed by atoms with van der Waals surface area (Å²) in [5.74, 6) is 2.00. The van der Waals surface area contributed by atoms with Crippen LogP contribution in [0.3, 0.4) is 0 Å². The second kappa shape index (κ2) is 7.01. The lowest BCUT2D eigenvalue weighted by Crippen LogP contribution is -2.33. The first-order valence-corrected chi connectivity index (χ1v) is 7.39. The lowest BCUT2D eigenvalue weighted by atomic mass is 9.86. The van der Waals surface area contributed by atoms with Gasteiger partial charge in [0.2, 0.25) is 0 Å². The summed E-state index contributed by atoms with van der Waals surface area (Å²) in [6, 6.07) is 0. The van der Waals surface area contributed by atoms with Crippen molar-refractivity contribution in [3.05, 3.63) is 12.2 Å². The van der Waals surface area contributed by atoms with Crippen LogP contribution in [0, 0.1) is 11.8 Å². The topological polar surface area (TPSA) is 66.0 Å². The molecule has 2 rings (SSSR count). The van der Waals surface area contributed by atoms with Gasteiger partial charge in [0.05, 0.1) is 6.10 Å². The largest absolute Gasteiger partial charge is 0.370 e. The maximum Gasteiger partial charge on any atom is 0.152 e. The Labute approximate surface area is 115 Å². The highest BCUT2D eigenvalue weighted by Gasteiger charge is 2.25. The monoisotopic (exact) mass is 266 g/mol. The average molecular weight is 266 g/mol. The normalized spacial score (nSPS) is 24.0. The molecule has 2 atom stereocenters. The molecule has 1 aromatic rings. The molecule has 1 heterocycles. The van der Waals surface area contributed by atoms with Crippen molar-refractivity contribution in [1.82, 2.24) is 14.8 Å². The van der Waals surface area contributed by atoms with Gasteiger partial charge in [0.1, 0.15) is 12.9 Å². The van der Waals surface area contributed by atoms with E-state index in [1.807, 2.05) is 4.68 Å². The molecule has 2 unspecified atom stereocenters. The summed E-state index contributed by atoms with van der Waals surface area (Å²) >= 11 is 0. The molecule has 1 fully saturated rings. The fourth-order valence-corrected chi connectivity index (χ4v) is 2.74. The van der Waals surface area contributed by atoms with E-state index in [0.29, 0.717) is 24.5 Å². The predicted molar refractivity (Wildman–Crippen MR) is 74.4 cm³/mol. The smallest absolute Gasteiger partial charge is 0.152 e. The third-order valence-electron chi connectivity index (χ3n) is 3.80. The molecule has 0 spiro atoms. The zero-order valence-electron chi connectivity index (χ0n) is 12.1. The average Bonchev–Trinajstić information content (AvgIpc) is 2.83. The zero-order valence-corrected chi connectivity index (χ0v) is 12.1. The van der Waals surface area contributed by atoms with E-state index in [-0.39, 0.29) is 0 Å². The molecule has 1 saturated carbocycles. The van der Waals surface area contributed by atoms with E-state index in [1.165, 1.54) is 19.3 Å². The Morgan fingerprint density at radius 1 is 1.42 bits per heavy atom. The van der Waals surface area contributed by atoms with Gasteiger partial charge in [-0.15, -0.1) is 0 Å². The summed E-state index contributed by atoms with van der Waals surface area (Å²) in [6.07, 6.45) is 6.76. The molecular weight excluding hydrogens is 240 g/mol. The molecular formula is C14H26N4O. The number of ether oxygens (including phenoxy) is 1. The number of rotatable bonds is 6. The highest BCUT2D eigenvalue weighted by molar-refractivity contribution is 4.84. The number of hydrogen-bond acceptors (Lipinski definition) is 4. The zero-order chi connectivity index (χ0) is 13.7. The molecule has 5 nitrogen and oxygen atoms in total. The van der Waals surface area contributed by atoms with Crippen molar-refractivity contribution >= 4 is 0 Å². The van der Waals surface area contributed by atoms with Gasteiger partial charge in [-0.25, -0.2) is 9.67 Å². The fourth-order valence-electron chi connectivity index (χ4n) is 2.74. The first-order chi connectivity index (χ1) is 9.20. The minimum absolute atomic E-state index is 0.294. The summed E-state index contributed by atoms with van der Waals surface area (Å²) < 4.78 is 8.00. The van der Waals surface area contributed by atoms with Gasteiger partial charge in [-0.2, -0.15) is 5.10 Å². The molecule has 1 aliphatic carbocycles. The van der Waals surface area contributed by atoms with E-state index in [2.05, 4.69) is 23.9 Å². The molecule has 5 heteroatoms. The van der Waals surface area contributed by atoms with Gasteiger partial charge >= 0.3 is 0 Å². The van der Waals surface area contributed by atoms with Crippen molar-refractivity contribution in [3.63, 3.8) is 0 Å². The lowest BCUT2D eigenvalue weighted by Gasteiger charge is -2.30. The Morgan fingerprint density at radius 3 is 2.95 bits per heavy atom. The highest BCUT2D eigenvalue weighted by Crippen LogP contribution is 2.26. The van der Waals surface area contributed by atoms with Gasteiger partial charge in [-0.3, -0.25) is 0 Å². The molecule has 19 heavy (non-hydrogen) atoms. The van der Waals surface area contributed by atoms with Crippen LogP contribution >= 0.6 is 0 Å². The third-order valence-corrected chi connectivity index (χ3v) is 3.80. The van der Waals surface area contributed by atoms with Crippen LogP contribution in [0.2, 0.25) is 0 Å². The van der Waals surface area contributed by atoms with Crippen LogP contribution in [0.4, 0.5) is 0 Å². The van der Waals surface area contributed by atoms with Crippen molar-refractivity contribution < 1.29 is 4.74 Å². The maximum atomic E-state index is 6.05. The summed E-state index contributed by atoms with van der Waals surface area (Å²) in [5.41, 5.74) is 5.83. The number of nitrogens with zero attached hydrogens (tertiary/aromatic N) is 3. The van der Waals surface area contributed by atoms with Crippen LogP contribution < -0.4 is 5.73 Å². The third kappa shape index (κ3) is 4.01. The molecule has 0 aromatic carbocycles. The van der Waals surface area contributed by atoms with E-state index in [1.54, 1.807) is 6.33 Å². The molecule has 108 valence electrons. The van der Waals surface area contributed by atoms with Crippen molar-refractivity contribution in [2.24, 2.45) is 17.6 Å². The predicted octanol–water partition coefficient (Wildman–Crippen LogP) is 1.97. The van der Waals surface area contributed by atoms with Crippen molar-refractivity contribution in [2.45, 2.75) is 58.8 Å². The first-order valence-electron chi connectivity index (χ1n) is 7.39. The van der Waals surface area contributed by atoms with Crippen LogP contribution in [-0.4, -0.2) is 27.4 Å². The molecule has 0 radical (unpaired) electrons. The van der Waals surface area contributed by atoms with Crippen LogP contribution in [0.5, 0.6) is 0 Å². The van der Waals surface area contributed by atoms with E-state index in [0.717, 1.165) is 25.3 Å². The highest BCUT2D eigenvalue weighted by atomic mass is 16.5. The SMILES string of the molecule is CC(C)Cn1ncnc1COC1CCCCC1CN. The molecule has 0 amide bonds. The standard InChI is InChI=1S/C14H26N4O/c1-11(2)8-18-14(16-10-17-18)9-19-13-6-4-3-5-12(13)7-15/h10-13H,3-9,15H2,1-2H3. The summed E-state index contributed by atoms with van der Waals surface area (Å²) in [6.45, 7) is 6.52. The van der Waals surface area contributed by atoms with Gasteiger partial charge in [-0.1, -0.05) is 26.7 Å².